The zero-order valence-corrected chi connectivity index (χ0v) is 21.2. The van der Waals surface area contributed by atoms with Crippen molar-refractivity contribution in [2.24, 2.45) is 0 Å². The molecule has 1 amide bonds. The molecule has 1 saturated carbocycles. The summed E-state index contributed by atoms with van der Waals surface area (Å²) in [6.45, 7) is 0.205. The first-order chi connectivity index (χ1) is 17.8. The molecular formula is C27H33N3O6S. The quantitative estimate of drug-likeness (QED) is 0.407. The van der Waals surface area contributed by atoms with Crippen LogP contribution in [-0.2, 0) is 20.2 Å². The Balaban J connectivity index is 0.00000210. The fourth-order valence-corrected chi connectivity index (χ4v) is 6.59. The molecule has 1 aliphatic carbocycles. The average molecular weight is 528 g/mol. The molecule has 37 heavy (non-hydrogen) atoms. The Morgan fingerprint density at radius 3 is 2.59 bits per heavy atom. The fourth-order valence-electron chi connectivity index (χ4n) is 4.90. The molecule has 0 radical (unpaired) electrons. The van der Waals surface area contributed by atoms with Gasteiger partial charge in [0.2, 0.25) is 15.9 Å². The normalized spacial score (nSPS) is 18.9. The zero-order valence-electron chi connectivity index (χ0n) is 20.4. The third kappa shape index (κ3) is 4.68. The third-order valence-corrected chi connectivity index (χ3v) is 9.16. The Hall–Kier alpha value is -3.47. The number of anilines is 1. The van der Waals surface area contributed by atoms with Crippen molar-refractivity contribution < 1.29 is 31.0 Å². The first-order valence-electron chi connectivity index (χ1n) is 12.2. The predicted octanol–water partition coefficient (Wildman–Crippen LogP) is 3.77. The highest BCUT2D eigenvalue weighted by atomic mass is 32.2. The van der Waals surface area contributed by atoms with Gasteiger partial charge in [0.25, 0.3) is 0 Å². The Bertz CT molecular complexity index is 1430. The number of carbonyl (C=O) groups excluding carboxylic acids is 1. The Labute approximate surface area is 218 Å². The number of aromatic nitrogens is 1. The Kier molecular flexibility index (Phi) is 6.65. The molecule has 9 nitrogen and oxygen atoms in total. The van der Waals surface area contributed by atoms with Crippen LogP contribution in [0.25, 0.3) is 11.3 Å². The first kappa shape index (κ1) is 25.2. The minimum absolute atomic E-state index is 0. The number of rotatable bonds is 8. The number of aliphatic hydroxyl groups excluding tert-OH is 1. The molecule has 5 rings (SSSR count). The average Bonchev–Trinajstić information content (AvgIpc) is 3.58. The van der Waals surface area contributed by atoms with Gasteiger partial charge in [-0.25, -0.2) is 13.4 Å². The molecule has 198 valence electrons. The number of methoxy groups -OCH3 is 1. The summed E-state index contributed by atoms with van der Waals surface area (Å²) in [4.78, 5) is 17.9. The minimum atomic E-state index is -3.70. The van der Waals surface area contributed by atoms with Gasteiger partial charge < -0.3 is 20.3 Å². The number of hydrogen-bond donors (Lipinski definition) is 3. The number of benzene rings is 2. The number of nitrogens with zero attached hydrogens (tertiary/aromatic N) is 2. The molecule has 0 unspecified atom stereocenters. The molecule has 3 aromatic rings. The molecule has 1 aromatic heterocycles. The summed E-state index contributed by atoms with van der Waals surface area (Å²) in [6.07, 6.45) is 2.70. The van der Waals surface area contributed by atoms with Gasteiger partial charge in [-0.1, -0.05) is 24.3 Å². The highest BCUT2D eigenvalue weighted by Crippen LogP contribution is 2.50. The fraction of sp³-hybridized carbons (Fsp3) is 0.333. The van der Waals surface area contributed by atoms with Crippen molar-refractivity contribution in [2.75, 3.05) is 25.6 Å². The number of phenols is 1. The van der Waals surface area contributed by atoms with Gasteiger partial charge in [0, 0.05) is 21.0 Å². The first-order valence-corrected chi connectivity index (χ1v) is 13.6. The van der Waals surface area contributed by atoms with Crippen molar-refractivity contribution in [3.63, 3.8) is 0 Å². The molecule has 1 atom stereocenters. The summed E-state index contributed by atoms with van der Waals surface area (Å²) in [5.41, 5.74) is 1.29. The number of sulfonamides is 1. The second-order valence-electron chi connectivity index (χ2n) is 9.45. The van der Waals surface area contributed by atoms with Gasteiger partial charge in [-0.2, -0.15) is 4.31 Å². The Morgan fingerprint density at radius 2 is 1.95 bits per heavy atom. The highest BCUT2D eigenvalue weighted by Gasteiger charge is 2.51. The van der Waals surface area contributed by atoms with E-state index < -0.39 is 15.4 Å². The van der Waals surface area contributed by atoms with Crippen molar-refractivity contribution in [3.8, 4) is 22.8 Å². The van der Waals surface area contributed by atoms with E-state index in [1.807, 2.05) is 0 Å². The van der Waals surface area contributed by atoms with E-state index in [9.17, 15) is 23.4 Å². The van der Waals surface area contributed by atoms with Crippen LogP contribution in [0.3, 0.4) is 0 Å². The minimum Gasteiger partial charge on any atom is -0.504 e. The number of amides is 1. The van der Waals surface area contributed by atoms with E-state index in [4.69, 9.17) is 4.74 Å². The summed E-state index contributed by atoms with van der Waals surface area (Å²) in [6, 6.07) is 16.3. The maximum Gasteiger partial charge on any atom is 0.243 e. The molecule has 2 aliphatic rings. The van der Waals surface area contributed by atoms with Crippen LogP contribution in [0.4, 0.5) is 5.82 Å². The van der Waals surface area contributed by atoms with Crippen molar-refractivity contribution in [1.82, 2.24) is 9.29 Å². The van der Waals surface area contributed by atoms with E-state index >= 15 is 0 Å². The smallest absolute Gasteiger partial charge is 0.243 e. The van der Waals surface area contributed by atoms with E-state index in [1.165, 1.54) is 11.4 Å². The van der Waals surface area contributed by atoms with Crippen LogP contribution in [-0.4, -0.2) is 60.1 Å². The van der Waals surface area contributed by atoms with Crippen molar-refractivity contribution >= 4 is 21.7 Å². The van der Waals surface area contributed by atoms with Crippen LogP contribution in [0, 0.1) is 0 Å². The Morgan fingerprint density at radius 1 is 1.19 bits per heavy atom. The molecule has 2 heterocycles. The number of aromatic hydroxyl groups is 1. The summed E-state index contributed by atoms with van der Waals surface area (Å²) >= 11 is 0. The number of phenolic OH excluding ortho intramolecular Hbond substituents is 1. The monoisotopic (exact) mass is 527 g/mol. The number of hydrogen-bond acceptors (Lipinski definition) is 7. The number of nitrogens with one attached hydrogen (secondary N) is 1. The van der Waals surface area contributed by atoms with Crippen LogP contribution in [0.15, 0.2) is 65.6 Å². The maximum absolute atomic E-state index is 13.2. The van der Waals surface area contributed by atoms with Gasteiger partial charge in [0.05, 0.1) is 29.7 Å². The molecule has 1 aliphatic heterocycles. The lowest BCUT2D eigenvalue weighted by molar-refractivity contribution is -0.118. The van der Waals surface area contributed by atoms with Gasteiger partial charge in [-0.05, 0) is 67.6 Å². The number of pyridine rings is 1. The zero-order chi connectivity index (χ0) is 26.2. The molecular weight excluding hydrogens is 494 g/mol. The lowest BCUT2D eigenvalue weighted by atomic mass is 9.94. The standard InChI is InChI=1S/C27H29N3O6S.2H2/c1-36-24-12-9-19(16-23(24)32)27(13-14-27)26(33)29-25-6-2-5-22(28-25)18-7-10-21(11-8-18)37(34,35)30-15-3-4-20(30)17-31;;/h2,5-12,16,20,31-32H,3-4,13-15,17H2,1H3,(H,28,29,33);2*1H/t20-;;/m1../s1. The second-order valence-corrected chi connectivity index (χ2v) is 11.3. The lowest BCUT2D eigenvalue weighted by Crippen LogP contribution is -2.37. The van der Waals surface area contributed by atoms with Crippen LogP contribution in [0.2, 0.25) is 0 Å². The number of ether oxygens (including phenoxy) is 1. The topological polar surface area (TPSA) is 129 Å². The van der Waals surface area contributed by atoms with Crippen LogP contribution < -0.4 is 10.1 Å². The molecule has 2 aromatic carbocycles. The van der Waals surface area contributed by atoms with Gasteiger partial charge in [-0.3, -0.25) is 4.79 Å². The third-order valence-electron chi connectivity index (χ3n) is 7.20. The maximum atomic E-state index is 13.2. The molecule has 0 bridgehead atoms. The predicted molar refractivity (Wildman–Crippen MR) is 142 cm³/mol. The van der Waals surface area contributed by atoms with E-state index in [1.54, 1.807) is 60.7 Å². The van der Waals surface area contributed by atoms with Gasteiger partial charge in [0.1, 0.15) is 5.82 Å². The molecule has 1 saturated heterocycles. The molecule has 10 heteroatoms. The molecule has 3 N–H and O–H groups in total. The molecule has 2 fully saturated rings. The van der Waals surface area contributed by atoms with Crippen molar-refractivity contribution in [3.05, 3.63) is 66.2 Å². The van der Waals surface area contributed by atoms with E-state index in [0.717, 1.165) is 12.0 Å². The van der Waals surface area contributed by atoms with E-state index in [2.05, 4.69) is 10.3 Å². The summed E-state index contributed by atoms with van der Waals surface area (Å²) in [5, 5.41) is 22.6. The van der Waals surface area contributed by atoms with Gasteiger partial charge >= 0.3 is 0 Å². The summed E-state index contributed by atoms with van der Waals surface area (Å²) in [7, 11) is -2.22. The van der Waals surface area contributed by atoms with Crippen LogP contribution in [0.1, 0.15) is 34.1 Å². The SMILES string of the molecule is COc1ccc(C2(C(=O)Nc3cccc(-c4ccc(S(=O)(=O)N5CCC[C@@H]5CO)cc4)n3)CC2)cc1O.[HH].[HH]. The summed E-state index contributed by atoms with van der Waals surface area (Å²) in [5.74, 6) is 0.515. The van der Waals surface area contributed by atoms with Crippen LogP contribution in [0.5, 0.6) is 11.5 Å². The van der Waals surface area contributed by atoms with Crippen LogP contribution >= 0.6 is 0 Å². The van der Waals surface area contributed by atoms with Gasteiger partial charge in [0.15, 0.2) is 11.5 Å². The number of carbonyl (C=O) groups is 1. The van der Waals surface area contributed by atoms with Crippen molar-refractivity contribution in [1.29, 1.82) is 0 Å². The second kappa shape index (κ2) is 9.77. The van der Waals surface area contributed by atoms with E-state index in [0.29, 0.717) is 48.6 Å². The largest absolute Gasteiger partial charge is 0.504 e. The van der Waals surface area contributed by atoms with E-state index in [-0.39, 0.29) is 32.1 Å². The molecule has 0 spiro atoms. The summed E-state index contributed by atoms with van der Waals surface area (Å²) < 4.78 is 32.5. The highest BCUT2D eigenvalue weighted by molar-refractivity contribution is 7.89. The van der Waals surface area contributed by atoms with Gasteiger partial charge in [-0.15, -0.1) is 0 Å². The number of aliphatic hydroxyl groups is 1. The van der Waals surface area contributed by atoms with Crippen molar-refractivity contribution in [2.45, 2.75) is 42.0 Å². The lowest BCUT2D eigenvalue weighted by Gasteiger charge is -2.22.